The predicted molar refractivity (Wildman–Crippen MR) is 48.2 cm³/mol. The summed E-state index contributed by atoms with van der Waals surface area (Å²) >= 11 is 0. The van der Waals surface area contributed by atoms with Gasteiger partial charge in [0.2, 0.25) is 0 Å². The Bertz CT molecular complexity index is 387. The first-order valence-corrected chi connectivity index (χ1v) is 3.71. The normalized spacial score (nSPS) is 9.00. The molecule has 13 heavy (non-hydrogen) atoms. The fraction of sp³-hybridized carbons (Fsp3) is 0.100. The minimum Gasteiger partial charge on any atom is -0.478 e. The van der Waals surface area contributed by atoms with E-state index in [-0.39, 0.29) is 5.56 Å². The number of carbonyl (C=O) groups excluding carboxylic acids is 1. The van der Waals surface area contributed by atoms with Gasteiger partial charge >= 0.3 is 5.97 Å². The molecule has 0 heterocycles. The Hall–Kier alpha value is -1.86. The van der Waals surface area contributed by atoms with Gasteiger partial charge in [0, 0.05) is 11.1 Å². The molecule has 0 saturated heterocycles. The molecule has 0 atom stereocenters. The smallest absolute Gasteiger partial charge is 0.336 e. The molecule has 1 aromatic carbocycles. The molecule has 66 valence electrons. The second-order valence-electron chi connectivity index (χ2n) is 2.58. The van der Waals surface area contributed by atoms with Crippen LogP contribution >= 0.6 is 0 Å². The molecular weight excluding hydrogens is 168 g/mol. The van der Waals surface area contributed by atoms with E-state index in [1.165, 1.54) is 13.0 Å². The zero-order chi connectivity index (χ0) is 9.84. The van der Waals surface area contributed by atoms with E-state index in [4.69, 9.17) is 5.11 Å². The topological polar surface area (TPSA) is 54.4 Å². The highest BCUT2D eigenvalue weighted by atomic mass is 16.4. The first kappa shape index (κ1) is 9.23. The largest absolute Gasteiger partial charge is 0.478 e. The van der Waals surface area contributed by atoms with E-state index in [9.17, 15) is 9.59 Å². The van der Waals surface area contributed by atoms with E-state index >= 15 is 0 Å². The van der Waals surface area contributed by atoms with E-state index < -0.39 is 5.97 Å². The van der Waals surface area contributed by atoms with Crippen molar-refractivity contribution in [1.82, 2.24) is 0 Å². The van der Waals surface area contributed by atoms with Gasteiger partial charge in [-0.15, -0.1) is 0 Å². The van der Waals surface area contributed by atoms with Gasteiger partial charge in [0.1, 0.15) is 5.94 Å². The van der Waals surface area contributed by atoms with Gasteiger partial charge in [-0.3, -0.25) is 0 Å². The molecule has 0 aliphatic rings. The van der Waals surface area contributed by atoms with Crippen LogP contribution < -0.4 is 0 Å². The maximum Gasteiger partial charge on any atom is 0.336 e. The Morgan fingerprint density at radius 3 is 2.31 bits per heavy atom. The van der Waals surface area contributed by atoms with Crippen LogP contribution in [0.4, 0.5) is 0 Å². The van der Waals surface area contributed by atoms with Crippen molar-refractivity contribution in [3.63, 3.8) is 0 Å². The minimum atomic E-state index is -1.04. The van der Waals surface area contributed by atoms with Crippen LogP contribution in [0, 0.1) is 0 Å². The lowest BCUT2D eigenvalue weighted by molar-refractivity contribution is 0.0696. The molecule has 0 radical (unpaired) electrons. The molecule has 0 bridgehead atoms. The fourth-order valence-corrected chi connectivity index (χ4v) is 1.05. The first-order chi connectivity index (χ1) is 6.16. The van der Waals surface area contributed by atoms with Crippen LogP contribution in [0.5, 0.6) is 0 Å². The molecule has 1 rings (SSSR count). The van der Waals surface area contributed by atoms with E-state index in [0.717, 1.165) is 0 Å². The molecular formula is C10H8O3. The molecule has 0 aliphatic heterocycles. The van der Waals surface area contributed by atoms with Gasteiger partial charge in [0.05, 0.1) is 5.56 Å². The Morgan fingerprint density at radius 1 is 1.31 bits per heavy atom. The van der Waals surface area contributed by atoms with Crippen molar-refractivity contribution >= 4 is 17.5 Å². The van der Waals surface area contributed by atoms with Gasteiger partial charge in [0.25, 0.3) is 0 Å². The standard InChI is InChI=1S/C10H8O3/c1-7(6-11)8-4-2-3-5-9(8)10(12)13/h2-5H,1H3,(H,12,13). The van der Waals surface area contributed by atoms with Crippen LogP contribution in [0.3, 0.4) is 0 Å². The average molecular weight is 176 g/mol. The molecule has 0 fully saturated rings. The lowest BCUT2D eigenvalue weighted by Crippen LogP contribution is -2.00. The monoisotopic (exact) mass is 176 g/mol. The van der Waals surface area contributed by atoms with Gasteiger partial charge in [-0.1, -0.05) is 18.2 Å². The van der Waals surface area contributed by atoms with E-state index in [1.807, 2.05) is 0 Å². The van der Waals surface area contributed by atoms with Crippen LogP contribution in [0.25, 0.3) is 5.57 Å². The van der Waals surface area contributed by atoms with Crippen LogP contribution in [0.15, 0.2) is 24.3 Å². The van der Waals surface area contributed by atoms with Crippen molar-refractivity contribution in [2.45, 2.75) is 6.92 Å². The molecule has 1 aromatic rings. The minimum absolute atomic E-state index is 0.128. The zero-order valence-corrected chi connectivity index (χ0v) is 7.07. The number of carbonyl (C=O) groups is 1. The van der Waals surface area contributed by atoms with Crippen molar-refractivity contribution in [2.24, 2.45) is 0 Å². The number of carboxylic acid groups (broad SMARTS) is 1. The quantitative estimate of drug-likeness (QED) is 0.696. The first-order valence-electron chi connectivity index (χ1n) is 3.71. The summed E-state index contributed by atoms with van der Waals surface area (Å²) < 4.78 is 0. The Morgan fingerprint density at radius 2 is 1.85 bits per heavy atom. The molecule has 1 N–H and O–H groups in total. The Balaban J connectivity index is 3.36. The predicted octanol–water partition coefficient (Wildman–Crippen LogP) is 1.62. The van der Waals surface area contributed by atoms with Gasteiger partial charge < -0.3 is 5.11 Å². The summed E-state index contributed by atoms with van der Waals surface area (Å²) in [6.07, 6.45) is 0. The summed E-state index contributed by atoms with van der Waals surface area (Å²) in [5.41, 5.74) is 0.853. The lowest BCUT2D eigenvalue weighted by Gasteiger charge is -2.01. The van der Waals surface area contributed by atoms with Crippen molar-refractivity contribution in [3.8, 4) is 0 Å². The molecule has 0 spiro atoms. The van der Waals surface area contributed by atoms with Crippen molar-refractivity contribution in [3.05, 3.63) is 35.4 Å². The highest BCUT2D eigenvalue weighted by Gasteiger charge is 2.09. The number of allylic oxidation sites excluding steroid dienone is 1. The van der Waals surface area contributed by atoms with Crippen LogP contribution in [0.1, 0.15) is 22.8 Å². The third kappa shape index (κ3) is 1.83. The lowest BCUT2D eigenvalue weighted by atomic mass is 10.0. The average Bonchev–Trinajstić information content (AvgIpc) is 2.16. The summed E-state index contributed by atoms with van der Waals surface area (Å²) in [5, 5.41) is 8.77. The van der Waals surface area contributed by atoms with Crippen molar-refractivity contribution < 1.29 is 14.7 Å². The third-order valence-corrected chi connectivity index (χ3v) is 1.71. The van der Waals surface area contributed by atoms with Gasteiger partial charge in [-0.2, -0.15) is 0 Å². The summed E-state index contributed by atoms with van der Waals surface area (Å²) in [6.45, 7) is 1.54. The molecule has 0 amide bonds. The maximum atomic E-state index is 10.7. The molecule has 0 saturated carbocycles. The Kier molecular flexibility index (Phi) is 2.62. The zero-order valence-electron chi connectivity index (χ0n) is 7.07. The maximum absolute atomic E-state index is 10.7. The summed E-state index contributed by atoms with van der Waals surface area (Å²) in [4.78, 5) is 21.0. The number of benzene rings is 1. The van der Waals surface area contributed by atoms with Crippen molar-refractivity contribution in [2.75, 3.05) is 0 Å². The van der Waals surface area contributed by atoms with E-state index in [1.54, 1.807) is 24.1 Å². The van der Waals surface area contributed by atoms with Crippen LogP contribution in [0.2, 0.25) is 0 Å². The summed E-state index contributed by atoms with van der Waals surface area (Å²) in [6, 6.07) is 6.34. The SMILES string of the molecule is CC(=C=O)c1ccccc1C(=O)O. The highest BCUT2D eigenvalue weighted by Crippen LogP contribution is 2.15. The van der Waals surface area contributed by atoms with Crippen molar-refractivity contribution in [1.29, 1.82) is 0 Å². The second kappa shape index (κ2) is 3.70. The van der Waals surface area contributed by atoms with Gasteiger partial charge in [-0.05, 0) is 13.0 Å². The van der Waals surface area contributed by atoms with Crippen LogP contribution in [-0.2, 0) is 4.79 Å². The summed E-state index contributed by atoms with van der Waals surface area (Å²) in [5.74, 6) is 0.643. The number of hydrogen-bond donors (Lipinski definition) is 1. The molecule has 3 heteroatoms. The molecule has 0 aromatic heterocycles. The van der Waals surface area contributed by atoms with Crippen LogP contribution in [-0.4, -0.2) is 17.0 Å². The molecule has 3 nitrogen and oxygen atoms in total. The highest BCUT2D eigenvalue weighted by molar-refractivity contribution is 5.98. The number of aromatic carboxylic acids is 1. The number of rotatable bonds is 2. The van der Waals surface area contributed by atoms with Gasteiger partial charge in [-0.25, -0.2) is 9.59 Å². The fourth-order valence-electron chi connectivity index (χ4n) is 1.05. The Labute approximate surface area is 75.3 Å². The van der Waals surface area contributed by atoms with E-state index in [0.29, 0.717) is 11.1 Å². The second-order valence-corrected chi connectivity index (χ2v) is 2.58. The van der Waals surface area contributed by atoms with E-state index in [2.05, 4.69) is 0 Å². The summed E-state index contributed by atoms with van der Waals surface area (Å²) in [7, 11) is 0. The van der Waals surface area contributed by atoms with Gasteiger partial charge in [0.15, 0.2) is 0 Å². The molecule has 0 unspecified atom stereocenters. The molecule has 0 aliphatic carbocycles. The third-order valence-electron chi connectivity index (χ3n) is 1.71. The number of carboxylic acids is 1. The number of hydrogen-bond acceptors (Lipinski definition) is 2.